The number of benzene rings is 1. The summed E-state index contributed by atoms with van der Waals surface area (Å²) < 4.78 is 16.8. The van der Waals surface area contributed by atoms with Crippen LogP contribution >= 0.6 is 0 Å². The minimum absolute atomic E-state index is 0.140. The molecule has 24 heavy (non-hydrogen) atoms. The van der Waals surface area contributed by atoms with Crippen LogP contribution in [0.2, 0.25) is 0 Å². The van der Waals surface area contributed by atoms with Gasteiger partial charge in [0.2, 0.25) is 5.75 Å². The molecule has 3 fully saturated rings. The number of rotatable bonds is 5. The van der Waals surface area contributed by atoms with E-state index in [2.05, 4.69) is 15.4 Å². The number of methoxy groups -OCH3 is 2. The number of ether oxygens (including phenoxy) is 3. The molecule has 0 aliphatic carbocycles. The van der Waals surface area contributed by atoms with Gasteiger partial charge in [0.15, 0.2) is 11.5 Å². The predicted molar refractivity (Wildman–Crippen MR) is 92.1 cm³/mol. The Kier molecular flexibility index (Phi) is 4.00. The SMILES string of the molecule is CCOc1c(OC)cc(C2NN=C3C4CCN(CC4)C32)cc1OC. The van der Waals surface area contributed by atoms with Crippen LogP contribution in [-0.4, -0.2) is 50.6 Å². The monoisotopic (exact) mass is 331 g/mol. The van der Waals surface area contributed by atoms with Gasteiger partial charge < -0.3 is 19.6 Å². The average molecular weight is 331 g/mol. The van der Waals surface area contributed by atoms with Crippen molar-refractivity contribution in [2.45, 2.75) is 31.8 Å². The Morgan fingerprint density at radius 1 is 1.17 bits per heavy atom. The van der Waals surface area contributed by atoms with Crippen LogP contribution in [0.15, 0.2) is 17.2 Å². The number of hydrogen-bond donors (Lipinski definition) is 1. The number of nitrogens with one attached hydrogen (secondary N) is 1. The van der Waals surface area contributed by atoms with E-state index in [0.29, 0.717) is 35.8 Å². The van der Waals surface area contributed by atoms with E-state index in [1.165, 1.54) is 18.6 Å². The maximum Gasteiger partial charge on any atom is 0.203 e. The Hall–Kier alpha value is -1.95. The number of hydrogen-bond acceptors (Lipinski definition) is 6. The van der Waals surface area contributed by atoms with Crippen molar-refractivity contribution in [3.63, 3.8) is 0 Å². The maximum atomic E-state index is 5.71. The average Bonchev–Trinajstić information content (AvgIpc) is 3.10. The van der Waals surface area contributed by atoms with Gasteiger partial charge in [0.25, 0.3) is 0 Å². The first-order valence-electron chi connectivity index (χ1n) is 8.72. The lowest BCUT2D eigenvalue weighted by molar-refractivity contribution is 0.133. The topological polar surface area (TPSA) is 55.3 Å². The van der Waals surface area contributed by atoms with E-state index < -0.39 is 0 Å². The highest BCUT2D eigenvalue weighted by atomic mass is 16.5. The van der Waals surface area contributed by atoms with E-state index in [4.69, 9.17) is 14.2 Å². The second-order valence-corrected chi connectivity index (χ2v) is 6.59. The molecule has 5 rings (SSSR count). The third kappa shape index (κ3) is 2.32. The van der Waals surface area contributed by atoms with Crippen molar-refractivity contribution in [2.24, 2.45) is 11.0 Å². The molecule has 6 heteroatoms. The Morgan fingerprint density at radius 3 is 2.42 bits per heavy atom. The molecule has 1 aromatic carbocycles. The van der Waals surface area contributed by atoms with Crippen molar-refractivity contribution in [2.75, 3.05) is 33.9 Å². The Morgan fingerprint density at radius 2 is 1.83 bits per heavy atom. The zero-order chi connectivity index (χ0) is 16.7. The van der Waals surface area contributed by atoms with Crippen molar-refractivity contribution in [3.05, 3.63) is 17.7 Å². The van der Waals surface area contributed by atoms with Crippen LogP contribution in [0.5, 0.6) is 17.2 Å². The van der Waals surface area contributed by atoms with Gasteiger partial charge in [-0.3, -0.25) is 4.90 Å². The van der Waals surface area contributed by atoms with Gasteiger partial charge in [0, 0.05) is 5.92 Å². The first kappa shape index (κ1) is 15.6. The Labute approximate surface area is 142 Å². The first-order chi connectivity index (χ1) is 11.8. The minimum Gasteiger partial charge on any atom is -0.493 e. The summed E-state index contributed by atoms with van der Waals surface area (Å²) >= 11 is 0. The first-order valence-corrected chi connectivity index (χ1v) is 8.72. The van der Waals surface area contributed by atoms with Gasteiger partial charge in [-0.05, 0) is 50.6 Å². The highest BCUT2D eigenvalue weighted by Crippen LogP contribution is 2.44. The lowest BCUT2D eigenvalue weighted by Crippen LogP contribution is -2.56. The molecular weight excluding hydrogens is 306 g/mol. The molecule has 0 spiro atoms. The lowest BCUT2D eigenvalue weighted by Gasteiger charge is -2.45. The molecule has 0 aromatic heterocycles. The van der Waals surface area contributed by atoms with E-state index >= 15 is 0 Å². The number of hydrazone groups is 1. The van der Waals surface area contributed by atoms with Crippen molar-refractivity contribution >= 4 is 5.71 Å². The normalized spacial score (nSPS) is 30.4. The summed E-state index contributed by atoms with van der Waals surface area (Å²) in [4.78, 5) is 2.55. The molecule has 0 amide bonds. The minimum atomic E-state index is 0.140. The number of fused-ring (bicyclic) bond motifs is 2. The summed E-state index contributed by atoms with van der Waals surface area (Å²) in [5.74, 6) is 2.72. The summed E-state index contributed by atoms with van der Waals surface area (Å²) in [6, 6.07) is 4.59. The van der Waals surface area contributed by atoms with Crippen molar-refractivity contribution in [1.82, 2.24) is 10.3 Å². The van der Waals surface area contributed by atoms with Crippen LogP contribution in [0.4, 0.5) is 0 Å². The number of nitrogens with zero attached hydrogens (tertiary/aromatic N) is 2. The van der Waals surface area contributed by atoms with Crippen LogP contribution in [-0.2, 0) is 0 Å². The molecule has 6 nitrogen and oxygen atoms in total. The largest absolute Gasteiger partial charge is 0.493 e. The van der Waals surface area contributed by atoms with Gasteiger partial charge in [0.1, 0.15) is 0 Å². The van der Waals surface area contributed by atoms with E-state index in [9.17, 15) is 0 Å². The van der Waals surface area contributed by atoms with Crippen LogP contribution in [0, 0.1) is 5.92 Å². The third-order valence-electron chi connectivity index (χ3n) is 5.42. The lowest BCUT2D eigenvalue weighted by atomic mass is 9.78. The molecule has 2 bridgehead atoms. The smallest absolute Gasteiger partial charge is 0.203 e. The second kappa shape index (κ2) is 6.16. The molecule has 2 unspecified atom stereocenters. The van der Waals surface area contributed by atoms with Gasteiger partial charge in [-0.15, -0.1) is 0 Å². The molecule has 0 saturated carbocycles. The van der Waals surface area contributed by atoms with Crippen molar-refractivity contribution in [1.29, 1.82) is 0 Å². The van der Waals surface area contributed by atoms with E-state index in [1.807, 2.05) is 19.1 Å². The molecule has 1 aromatic rings. The maximum absolute atomic E-state index is 5.71. The molecule has 4 aliphatic heterocycles. The second-order valence-electron chi connectivity index (χ2n) is 6.59. The standard InChI is InChI=1S/C18H25N3O3/c1-4-24-18-13(22-2)9-12(10-14(18)23-3)16-17-15(19-20-16)11-5-7-21(17)8-6-11/h9-11,16-17,20H,4-8H2,1-3H3. The zero-order valence-electron chi connectivity index (χ0n) is 14.5. The summed E-state index contributed by atoms with van der Waals surface area (Å²) in [5.41, 5.74) is 5.82. The fraction of sp³-hybridized carbons (Fsp3) is 0.611. The molecule has 2 atom stereocenters. The fourth-order valence-electron chi connectivity index (χ4n) is 4.28. The Bertz CT molecular complexity index is 628. The highest BCUT2D eigenvalue weighted by molar-refractivity contribution is 5.95. The van der Waals surface area contributed by atoms with Crippen LogP contribution in [0.25, 0.3) is 0 Å². The van der Waals surface area contributed by atoms with Crippen LogP contribution < -0.4 is 19.6 Å². The summed E-state index contributed by atoms with van der Waals surface area (Å²) in [5, 5.41) is 4.68. The van der Waals surface area contributed by atoms with E-state index in [-0.39, 0.29) is 6.04 Å². The quantitative estimate of drug-likeness (QED) is 0.896. The molecular formula is C18H25N3O3. The molecule has 130 valence electrons. The summed E-state index contributed by atoms with van der Waals surface area (Å²) in [6.45, 7) is 4.85. The molecule has 0 radical (unpaired) electrons. The zero-order valence-corrected chi connectivity index (χ0v) is 14.5. The molecule has 4 heterocycles. The summed E-state index contributed by atoms with van der Waals surface area (Å²) in [7, 11) is 3.33. The molecule has 1 N–H and O–H groups in total. The summed E-state index contributed by atoms with van der Waals surface area (Å²) in [6.07, 6.45) is 2.47. The highest BCUT2D eigenvalue weighted by Gasteiger charge is 2.47. The Balaban J connectivity index is 1.70. The van der Waals surface area contributed by atoms with Crippen LogP contribution in [0.1, 0.15) is 31.4 Å². The van der Waals surface area contributed by atoms with E-state index in [0.717, 1.165) is 18.7 Å². The van der Waals surface area contributed by atoms with Gasteiger partial charge in [-0.25, -0.2) is 0 Å². The molecule has 4 aliphatic rings. The fourth-order valence-corrected chi connectivity index (χ4v) is 4.28. The van der Waals surface area contributed by atoms with Crippen LogP contribution in [0.3, 0.4) is 0 Å². The van der Waals surface area contributed by atoms with Crippen molar-refractivity contribution < 1.29 is 14.2 Å². The van der Waals surface area contributed by atoms with Crippen molar-refractivity contribution in [3.8, 4) is 17.2 Å². The third-order valence-corrected chi connectivity index (χ3v) is 5.42. The van der Waals surface area contributed by atoms with Gasteiger partial charge in [-0.2, -0.15) is 5.10 Å². The van der Waals surface area contributed by atoms with E-state index in [1.54, 1.807) is 14.2 Å². The van der Waals surface area contributed by atoms with Gasteiger partial charge >= 0.3 is 0 Å². The van der Waals surface area contributed by atoms with Gasteiger partial charge in [0.05, 0.1) is 38.6 Å². The molecule has 3 saturated heterocycles. The van der Waals surface area contributed by atoms with Gasteiger partial charge in [-0.1, -0.05) is 0 Å². The number of piperidine rings is 3. The predicted octanol–water partition coefficient (Wildman–Crippen LogP) is 2.20.